The Hall–Kier alpha value is -1.33. The van der Waals surface area contributed by atoms with E-state index in [0.717, 1.165) is 19.4 Å². The minimum absolute atomic E-state index is 0.0741. The Bertz CT molecular complexity index is 301. The standard InChI is InChI=1S/C13H24N2O3/c1-4-11(9-12(17)10(2)16)15-13(18)7-5-6-8-14-3/h4,12,14,16-17H,2,5-9H2,1,3H3,(H,15,18)/b11-4+. The molecule has 0 aromatic heterocycles. The molecule has 4 N–H and O–H groups in total. The van der Waals surface area contributed by atoms with Crippen LogP contribution in [0, 0.1) is 0 Å². The molecule has 0 aliphatic rings. The van der Waals surface area contributed by atoms with Crippen LogP contribution in [0.25, 0.3) is 0 Å². The molecule has 104 valence electrons. The minimum atomic E-state index is -1.04. The predicted octanol–water partition coefficient (Wildman–Crippen LogP) is 1.22. The summed E-state index contributed by atoms with van der Waals surface area (Å²) in [5, 5.41) is 24.2. The maximum Gasteiger partial charge on any atom is 0.224 e. The first kappa shape index (κ1) is 16.7. The number of hydrogen-bond acceptors (Lipinski definition) is 4. The van der Waals surface area contributed by atoms with Crippen LogP contribution in [-0.2, 0) is 4.79 Å². The molecule has 0 aromatic rings. The van der Waals surface area contributed by atoms with Crippen molar-refractivity contribution in [3.63, 3.8) is 0 Å². The van der Waals surface area contributed by atoms with Gasteiger partial charge in [-0.05, 0) is 33.4 Å². The van der Waals surface area contributed by atoms with Crippen molar-refractivity contribution in [3.8, 4) is 0 Å². The van der Waals surface area contributed by atoms with Gasteiger partial charge in [-0.1, -0.05) is 12.7 Å². The molecule has 0 saturated carbocycles. The van der Waals surface area contributed by atoms with Gasteiger partial charge in [0.1, 0.15) is 11.9 Å². The lowest BCUT2D eigenvalue weighted by molar-refractivity contribution is -0.120. The van der Waals surface area contributed by atoms with Crippen molar-refractivity contribution >= 4 is 5.91 Å². The highest BCUT2D eigenvalue weighted by atomic mass is 16.3. The second-order valence-corrected chi connectivity index (χ2v) is 4.13. The number of aliphatic hydroxyl groups is 2. The number of amides is 1. The zero-order valence-corrected chi connectivity index (χ0v) is 11.2. The first-order valence-electron chi connectivity index (χ1n) is 6.16. The molecule has 0 heterocycles. The summed E-state index contributed by atoms with van der Waals surface area (Å²) in [6.45, 7) is 5.91. The maximum atomic E-state index is 11.6. The van der Waals surface area contributed by atoms with Crippen LogP contribution in [0.15, 0.2) is 24.1 Å². The molecule has 0 aliphatic heterocycles. The van der Waals surface area contributed by atoms with E-state index in [1.807, 2.05) is 7.05 Å². The summed E-state index contributed by atoms with van der Waals surface area (Å²) in [7, 11) is 1.88. The Morgan fingerprint density at radius 3 is 2.61 bits per heavy atom. The van der Waals surface area contributed by atoms with Gasteiger partial charge in [-0.25, -0.2) is 0 Å². The highest BCUT2D eigenvalue weighted by Crippen LogP contribution is 2.08. The van der Waals surface area contributed by atoms with E-state index in [9.17, 15) is 9.90 Å². The largest absolute Gasteiger partial charge is 0.510 e. The average molecular weight is 256 g/mol. The molecule has 0 spiro atoms. The lowest BCUT2D eigenvalue weighted by atomic mass is 10.1. The number of hydrogen-bond donors (Lipinski definition) is 4. The molecule has 0 aliphatic carbocycles. The van der Waals surface area contributed by atoms with Crippen molar-refractivity contribution in [1.82, 2.24) is 10.6 Å². The predicted molar refractivity (Wildman–Crippen MR) is 72.1 cm³/mol. The Kier molecular flexibility index (Phi) is 8.96. The monoisotopic (exact) mass is 256 g/mol. The van der Waals surface area contributed by atoms with Gasteiger partial charge in [-0.3, -0.25) is 4.79 Å². The summed E-state index contributed by atoms with van der Waals surface area (Å²) in [4.78, 5) is 11.6. The molecule has 0 saturated heterocycles. The van der Waals surface area contributed by atoms with Crippen LogP contribution in [0.1, 0.15) is 32.6 Å². The summed E-state index contributed by atoms with van der Waals surface area (Å²) in [5.41, 5.74) is 0.594. The lowest BCUT2D eigenvalue weighted by Crippen LogP contribution is -2.25. The number of carbonyl (C=O) groups is 1. The molecule has 0 fully saturated rings. The lowest BCUT2D eigenvalue weighted by Gasteiger charge is -2.13. The van der Waals surface area contributed by atoms with E-state index in [2.05, 4.69) is 17.2 Å². The van der Waals surface area contributed by atoms with Crippen molar-refractivity contribution in [2.24, 2.45) is 0 Å². The Balaban J connectivity index is 3.98. The molecular formula is C13H24N2O3. The van der Waals surface area contributed by atoms with Gasteiger partial charge in [0.2, 0.25) is 5.91 Å². The second kappa shape index (κ2) is 9.67. The van der Waals surface area contributed by atoms with E-state index in [-0.39, 0.29) is 18.1 Å². The highest BCUT2D eigenvalue weighted by Gasteiger charge is 2.11. The molecule has 1 unspecified atom stereocenters. The minimum Gasteiger partial charge on any atom is -0.510 e. The zero-order valence-electron chi connectivity index (χ0n) is 11.2. The van der Waals surface area contributed by atoms with Crippen molar-refractivity contribution < 1.29 is 15.0 Å². The summed E-state index contributed by atoms with van der Waals surface area (Å²) < 4.78 is 0. The van der Waals surface area contributed by atoms with Crippen molar-refractivity contribution in [2.75, 3.05) is 13.6 Å². The first-order chi connectivity index (χ1) is 8.51. The molecule has 0 radical (unpaired) electrons. The summed E-state index contributed by atoms with van der Waals surface area (Å²) in [6.07, 6.45) is 3.05. The van der Waals surface area contributed by atoms with Crippen molar-refractivity contribution in [2.45, 2.75) is 38.7 Å². The van der Waals surface area contributed by atoms with Gasteiger partial charge in [0.05, 0.1) is 0 Å². The maximum absolute atomic E-state index is 11.6. The first-order valence-corrected chi connectivity index (χ1v) is 6.16. The summed E-state index contributed by atoms with van der Waals surface area (Å²) in [6, 6.07) is 0. The molecular weight excluding hydrogens is 232 g/mol. The number of aliphatic hydroxyl groups excluding tert-OH is 2. The fraction of sp³-hybridized carbons (Fsp3) is 0.615. The van der Waals surface area contributed by atoms with Crippen molar-refractivity contribution in [3.05, 3.63) is 24.1 Å². The molecule has 1 amide bonds. The van der Waals surface area contributed by atoms with E-state index in [1.54, 1.807) is 13.0 Å². The third kappa shape index (κ3) is 7.86. The van der Waals surface area contributed by atoms with Crippen LogP contribution < -0.4 is 10.6 Å². The quantitative estimate of drug-likeness (QED) is 0.369. The van der Waals surface area contributed by atoms with E-state index >= 15 is 0 Å². The topological polar surface area (TPSA) is 81.6 Å². The van der Waals surface area contributed by atoms with Crippen LogP contribution in [0.2, 0.25) is 0 Å². The number of nitrogens with one attached hydrogen (secondary N) is 2. The van der Waals surface area contributed by atoms with E-state index in [0.29, 0.717) is 12.1 Å². The van der Waals surface area contributed by atoms with Crippen LogP contribution in [0.4, 0.5) is 0 Å². The normalized spacial score (nSPS) is 13.2. The Morgan fingerprint density at radius 2 is 2.11 bits per heavy atom. The SMILES string of the molecule is C=C(O)C(O)C/C(=C\C)NC(=O)CCCCNC. The van der Waals surface area contributed by atoms with E-state index in [1.165, 1.54) is 0 Å². The van der Waals surface area contributed by atoms with Gasteiger partial charge < -0.3 is 20.8 Å². The molecule has 5 heteroatoms. The smallest absolute Gasteiger partial charge is 0.224 e. The summed E-state index contributed by atoms with van der Waals surface area (Å²) in [5.74, 6) is -0.368. The molecule has 0 aromatic carbocycles. The zero-order chi connectivity index (χ0) is 14.0. The van der Waals surface area contributed by atoms with Gasteiger partial charge >= 0.3 is 0 Å². The number of allylic oxidation sites excluding steroid dienone is 1. The molecule has 18 heavy (non-hydrogen) atoms. The summed E-state index contributed by atoms with van der Waals surface area (Å²) >= 11 is 0. The van der Waals surface area contributed by atoms with Gasteiger partial charge in [0.15, 0.2) is 0 Å². The molecule has 1 atom stereocenters. The van der Waals surface area contributed by atoms with Crippen LogP contribution >= 0.6 is 0 Å². The van der Waals surface area contributed by atoms with Gasteiger partial charge in [-0.15, -0.1) is 0 Å². The fourth-order valence-corrected chi connectivity index (χ4v) is 1.40. The third-order valence-corrected chi connectivity index (χ3v) is 2.53. The second-order valence-electron chi connectivity index (χ2n) is 4.13. The van der Waals surface area contributed by atoms with Crippen LogP contribution in [0.5, 0.6) is 0 Å². The Morgan fingerprint density at radius 1 is 1.44 bits per heavy atom. The van der Waals surface area contributed by atoms with Crippen LogP contribution in [-0.4, -0.2) is 35.8 Å². The van der Waals surface area contributed by atoms with Crippen molar-refractivity contribution in [1.29, 1.82) is 0 Å². The number of carbonyl (C=O) groups excluding carboxylic acids is 1. The van der Waals surface area contributed by atoms with Gasteiger partial charge in [-0.2, -0.15) is 0 Å². The average Bonchev–Trinajstić information content (AvgIpc) is 2.33. The molecule has 0 rings (SSSR count). The van der Waals surface area contributed by atoms with E-state index < -0.39 is 6.10 Å². The van der Waals surface area contributed by atoms with Crippen LogP contribution in [0.3, 0.4) is 0 Å². The third-order valence-electron chi connectivity index (χ3n) is 2.53. The molecule has 0 bridgehead atoms. The molecule has 5 nitrogen and oxygen atoms in total. The Labute approximate surface area is 109 Å². The van der Waals surface area contributed by atoms with Gasteiger partial charge in [0.25, 0.3) is 0 Å². The van der Waals surface area contributed by atoms with E-state index in [4.69, 9.17) is 5.11 Å². The van der Waals surface area contributed by atoms with Gasteiger partial charge in [0, 0.05) is 18.5 Å². The highest BCUT2D eigenvalue weighted by molar-refractivity contribution is 5.77. The number of rotatable bonds is 9. The number of unbranched alkanes of at least 4 members (excludes halogenated alkanes) is 1. The fourth-order valence-electron chi connectivity index (χ4n) is 1.40.